The zero-order valence-corrected chi connectivity index (χ0v) is 7.60. The molecule has 1 aliphatic heterocycles. The molecule has 1 atom stereocenters. The predicted octanol–water partition coefficient (Wildman–Crippen LogP) is 1.68. The van der Waals surface area contributed by atoms with Gasteiger partial charge in [0.05, 0.1) is 25.6 Å². The second-order valence-electron chi connectivity index (χ2n) is 3.84. The van der Waals surface area contributed by atoms with Gasteiger partial charge < -0.3 is 9.84 Å². The first kappa shape index (κ1) is 11.3. The number of aliphatic carboxylic acids is 1. The molecule has 0 bridgehead atoms. The molecule has 0 aromatic heterocycles. The maximum Gasteiger partial charge on any atom is 0.393 e. The van der Waals surface area contributed by atoms with Gasteiger partial charge in [0.1, 0.15) is 0 Å². The molecule has 1 heterocycles. The molecule has 3 nitrogen and oxygen atoms in total. The summed E-state index contributed by atoms with van der Waals surface area (Å²) in [6.45, 7) is 1.35. The van der Waals surface area contributed by atoms with Crippen molar-refractivity contribution in [3.05, 3.63) is 0 Å². The minimum Gasteiger partial charge on any atom is -0.481 e. The lowest BCUT2D eigenvalue weighted by atomic mass is 9.73. The summed E-state index contributed by atoms with van der Waals surface area (Å²) >= 11 is 0. The van der Waals surface area contributed by atoms with E-state index in [2.05, 4.69) is 0 Å². The summed E-state index contributed by atoms with van der Waals surface area (Å²) < 4.78 is 42.1. The van der Waals surface area contributed by atoms with E-state index in [1.807, 2.05) is 0 Å². The maximum absolute atomic E-state index is 12.5. The fraction of sp³-hybridized carbons (Fsp3) is 0.875. The van der Waals surface area contributed by atoms with Gasteiger partial charge in [-0.1, -0.05) is 6.92 Å². The van der Waals surface area contributed by atoms with Crippen molar-refractivity contribution in [2.45, 2.75) is 19.5 Å². The van der Waals surface area contributed by atoms with Crippen molar-refractivity contribution >= 4 is 5.97 Å². The third kappa shape index (κ3) is 2.17. The summed E-state index contributed by atoms with van der Waals surface area (Å²) in [5, 5.41) is 8.39. The lowest BCUT2D eigenvalue weighted by Crippen LogP contribution is -2.51. The number of alkyl halides is 3. The Bertz CT molecular complexity index is 232. The Labute approximate surface area is 78.9 Å². The number of rotatable bonds is 3. The maximum atomic E-state index is 12.5. The number of ether oxygens (including phenoxy) is 1. The molecule has 14 heavy (non-hydrogen) atoms. The van der Waals surface area contributed by atoms with Gasteiger partial charge in [0.2, 0.25) is 0 Å². The Morgan fingerprint density at radius 1 is 1.57 bits per heavy atom. The van der Waals surface area contributed by atoms with E-state index in [9.17, 15) is 18.0 Å². The Morgan fingerprint density at radius 2 is 2.07 bits per heavy atom. The summed E-state index contributed by atoms with van der Waals surface area (Å²) in [7, 11) is 0. The zero-order valence-electron chi connectivity index (χ0n) is 7.60. The molecule has 0 aromatic rings. The Kier molecular flexibility index (Phi) is 2.76. The summed E-state index contributed by atoms with van der Waals surface area (Å²) in [6.07, 6.45) is -5.36. The highest BCUT2D eigenvalue weighted by molar-refractivity contribution is 5.67. The lowest BCUT2D eigenvalue weighted by Gasteiger charge is -2.44. The van der Waals surface area contributed by atoms with Crippen LogP contribution in [0.5, 0.6) is 0 Å². The van der Waals surface area contributed by atoms with E-state index >= 15 is 0 Å². The molecule has 0 saturated carbocycles. The highest BCUT2D eigenvalue weighted by Gasteiger charge is 2.55. The van der Waals surface area contributed by atoms with Crippen LogP contribution in [0.3, 0.4) is 0 Å². The van der Waals surface area contributed by atoms with Crippen molar-refractivity contribution in [1.82, 2.24) is 0 Å². The van der Waals surface area contributed by atoms with Crippen LogP contribution in [0.1, 0.15) is 13.3 Å². The fourth-order valence-electron chi connectivity index (χ4n) is 1.56. The van der Waals surface area contributed by atoms with E-state index in [1.54, 1.807) is 0 Å². The molecule has 0 amide bonds. The molecular weight excluding hydrogens is 201 g/mol. The smallest absolute Gasteiger partial charge is 0.393 e. The highest BCUT2D eigenvalue weighted by Crippen LogP contribution is 2.46. The van der Waals surface area contributed by atoms with Gasteiger partial charge in [-0.2, -0.15) is 13.2 Å². The molecule has 1 aliphatic rings. The van der Waals surface area contributed by atoms with E-state index in [0.717, 1.165) is 0 Å². The summed E-state index contributed by atoms with van der Waals surface area (Å²) in [5.41, 5.74) is -1.07. The van der Waals surface area contributed by atoms with Gasteiger partial charge in [-0.05, 0) is 0 Å². The van der Waals surface area contributed by atoms with Gasteiger partial charge in [-0.3, -0.25) is 4.79 Å². The van der Waals surface area contributed by atoms with Crippen LogP contribution >= 0.6 is 0 Å². The van der Waals surface area contributed by atoms with Crippen molar-refractivity contribution in [2.24, 2.45) is 11.3 Å². The molecule has 1 fully saturated rings. The number of carbonyl (C=O) groups is 1. The van der Waals surface area contributed by atoms with Crippen LogP contribution in [0.25, 0.3) is 0 Å². The topological polar surface area (TPSA) is 46.5 Å². The third-order valence-corrected chi connectivity index (χ3v) is 2.48. The van der Waals surface area contributed by atoms with Crippen molar-refractivity contribution in [2.75, 3.05) is 13.2 Å². The molecule has 0 spiro atoms. The molecular formula is C8H11F3O3. The number of halogens is 3. The van der Waals surface area contributed by atoms with E-state index in [4.69, 9.17) is 9.84 Å². The van der Waals surface area contributed by atoms with E-state index in [1.165, 1.54) is 6.92 Å². The van der Waals surface area contributed by atoms with Gasteiger partial charge >= 0.3 is 12.1 Å². The largest absolute Gasteiger partial charge is 0.481 e. The van der Waals surface area contributed by atoms with Crippen LogP contribution in [0.15, 0.2) is 0 Å². The summed E-state index contributed by atoms with van der Waals surface area (Å²) in [6, 6.07) is 0. The second kappa shape index (κ2) is 3.42. The molecule has 1 N–H and O–H groups in total. The van der Waals surface area contributed by atoms with Gasteiger partial charge in [-0.15, -0.1) is 0 Å². The van der Waals surface area contributed by atoms with E-state index in [-0.39, 0.29) is 13.2 Å². The van der Waals surface area contributed by atoms with Crippen LogP contribution in [-0.4, -0.2) is 30.5 Å². The van der Waals surface area contributed by atoms with Crippen molar-refractivity contribution in [1.29, 1.82) is 0 Å². The van der Waals surface area contributed by atoms with Crippen molar-refractivity contribution in [3.8, 4) is 0 Å². The third-order valence-electron chi connectivity index (χ3n) is 2.48. The van der Waals surface area contributed by atoms with Crippen LogP contribution in [0.4, 0.5) is 13.2 Å². The molecule has 0 aromatic carbocycles. The monoisotopic (exact) mass is 212 g/mol. The van der Waals surface area contributed by atoms with Crippen LogP contribution in [0.2, 0.25) is 0 Å². The standard InChI is InChI=1S/C8H11F3O3/c1-7(3-14-4-7)5(2-6(12)13)8(9,10)11/h5H,2-4H2,1H3,(H,12,13). The number of carboxylic acids is 1. The minimum atomic E-state index is -4.48. The Hall–Kier alpha value is -0.780. The average molecular weight is 212 g/mol. The van der Waals surface area contributed by atoms with Crippen LogP contribution in [0, 0.1) is 11.3 Å². The first-order valence-electron chi connectivity index (χ1n) is 4.12. The second-order valence-corrected chi connectivity index (χ2v) is 3.84. The van der Waals surface area contributed by atoms with Gasteiger partial charge in [0, 0.05) is 5.41 Å². The SMILES string of the molecule is CC1(C(CC(=O)O)C(F)(F)F)COC1. The molecule has 1 saturated heterocycles. The normalized spacial score (nSPS) is 22.6. The van der Waals surface area contributed by atoms with Crippen molar-refractivity contribution in [3.63, 3.8) is 0 Å². The first-order chi connectivity index (χ1) is 6.26. The molecule has 0 radical (unpaired) electrons. The molecule has 0 aliphatic carbocycles. The molecule has 1 unspecified atom stereocenters. The summed E-state index contributed by atoms with van der Waals surface area (Å²) in [5.74, 6) is -3.25. The fourth-order valence-corrected chi connectivity index (χ4v) is 1.56. The molecule has 1 rings (SSSR count). The minimum absolute atomic E-state index is 0.0234. The molecule has 82 valence electrons. The predicted molar refractivity (Wildman–Crippen MR) is 40.7 cm³/mol. The lowest BCUT2D eigenvalue weighted by molar-refractivity contribution is -0.255. The van der Waals surface area contributed by atoms with Crippen LogP contribution < -0.4 is 0 Å². The number of carboxylic acid groups (broad SMARTS) is 1. The zero-order chi connectivity index (χ0) is 11.0. The molecule has 6 heteroatoms. The highest BCUT2D eigenvalue weighted by atomic mass is 19.4. The van der Waals surface area contributed by atoms with E-state index in [0.29, 0.717) is 0 Å². The quantitative estimate of drug-likeness (QED) is 0.774. The summed E-state index contributed by atoms with van der Waals surface area (Å²) in [4.78, 5) is 10.3. The van der Waals surface area contributed by atoms with Crippen LogP contribution in [-0.2, 0) is 9.53 Å². The van der Waals surface area contributed by atoms with Gasteiger partial charge in [-0.25, -0.2) is 0 Å². The Morgan fingerprint density at radius 3 is 2.29 bits per heavy atom. The average Bonchev–Trinajstić information content (AvgIpc) is 1.93. The van der Waals surface area contributed by atoms with Gasteiger partial charge in [0.25, 0.3) is 0 Å². The Balaban J connectivity index is 2.76. The first-order valence-corrected chi connectivity index (χ1v) is 4.12. The van der Waals surface area contributed by atoms with Gasteiger partial charge in [0.15, 0.2) is 0 Å². The number of hydrogen-bond donors (Lipinski definition) is 1. The van der Waals surface area contributed by atoms with E-state index < -0.39 is 29.9 Å². The van der Waals surface area contributed by atoms with Crippen molar-refractivity contribution < 1.29 is 27.8 Å². The number of hydrogen-bond acceptors (Lipinski definition) is 2.